The average molecular weight is 312 g/mol. The summed E-state index contributed by atoms with van der Waals surface area (Å²) >= 11 is 0. The second-order valence-electron chi connectivity index (χ2n) is 5.50. The number of rotatable bonds is 4. The minimum atomic E-state index is 0.0133. The number of aryl methyl sites for hydroxylation is 1. The summed E-state index contributed by atoms with van der Waals surface area (Å²) in [6, 6.07) is 7.66. The predicted molar refractivity (Wildman–Crippen MR) is 87.5 cm³/mol. The van der Waals surface area contributed by atoms with Crippen molar-refractivity contribution in [2.24, 2.45) is 0 Å². The van der Waals surface area contributed by atoms with E-state index in [-0.39, 0.29) is 12.5 Å². The van der Waals surface area contributed by atoms with Gasteiger partial charge in [-0.15, -0.1) is 0 Å². The normalized spacial score (nSPS) is 14.7. The van der Waals surface area contributed by atoms with E-state index in [0.717, 1.165) is 24.5 Å². The molecule has 2 aromatic rings. The van der Waals surface area contributed by atoms with E-state index in [2.05, 4.69) is 20.9 Å². The maximum atomic E-state index is 12.2. The molecule has 0 spiro atoms. The molecular formula is C17H20N4O2. The SMILES string of the molecule is Cc1cc(N2CCN(C(=O)COc3cccnc3)CC2)ccn1. The van der Waals surface area contributed by atoms with E-state index >= 15 is 0 Å². The van der Waals surface area contributed by atoms with Crippen molar-refractivity contribution in [3.05, 3.63) is 48.5 Å². The lowest BCUT2D eigenvalue weighted by atomic mass is 10.2. The first-order valence-electron chi connectivity index (χ1n) is 7.70. The number of aromatic nitrogens is 2. The van der Waals surface area contributed by atoms with Crippen LogP contribution in [-0.4, -0.2) is 53.6 Å². The third kappa shape index (κ3) is 3.97. The molecule has 0 saturated carbocycles. The van der Waals surface area contributed by atoms with Gasteiger partial charge in [0.2, 0.25) is 0 Å². The Bertz CT molecular complexity index is 655. The summed E-state index contributed by atoms with van der Waals surface area (Å²) in [5, 5.41) is 0. The van der Waals surface area contributed by atoms with E-state index in [4.69, 9.17) is 4.74 Å². The van der Waals surface area contributed by atoms with Crippen molar-refractivity contribution in [1.29, 1.82) is 0 Å². The highest BCUT2D eigenvalue weighted by Gasteiger charge is 2.21. The molecule has 1 aliphatic heterocycles. The Hall–Kier alpha value is -2.63. The average Bonchev–Trinajstić information content (AvgIpc) is 2.61. The van der Waals surface area contributed by atoms with Crippen molar-refractivity contribution in [3.63, 3.8) is 0 Å². The van der Waals surface area contributed by atoms with E-state index in [1.165, 1.54) is 0 Å². The molecule has 0 aromatic carbocycles. The molecule has 23 heavy (non-hydrogen) atoms. The van der Waals surface area contributed by atoms with Crippen LogP contribution >= 0.6 is 0 Å². The van der Waals surface area contributed by atoms with Gasteiger partial charge in [-0.3, -0.25) is 14.8 Å². The van der Waals surface area contributed by atoms with E-state index in [1.807, 2.05) is 24.1 Å². The van der Waals surface area contributed by atoms with E-state index in [9.17, 15) is 4.79 Å². The number of ether oxygens (including phenoxy) is 1. The third-order valence-corrected chi connectivity index (χ3v) is 3.87. The number of carbonyl (C=O) groups excluding carboxylic acids is 1. The number of hydrogen-bond donors (Lipinski definition) is 0. The number of nitrogens with zero attached hydrogens (tertiary/aromatic N) is 4. The first kappa shape index (κ1) is 15.3. The lowest BCUT2D eigenvalue weighted by Gasteiger charge is -2.36. The summed E-state index contributed by atoms with van der Waals surface area (Å²) in [6.07, 6.45) is 5.11. The summed E-state index contributed by atoms with van der Waals surface area (Å²) in [5.41, 5.74) is 2.17. The van der Waals surface area contributed by atoms with E-state index < -0.39 is 0 Å². The Labute approximate surface area is 135 Å². The van der Waals surface area contributed by atoms with Gasteiger partial charge in [0.05, 0.1) is 6.20 Å². The predicted octanol–water partition coefficient (Wildman–Crippen LogP) is 1.51. The standard InChI is InChI=1S/C17H20N4O2/c1-14-11-15(4-6-19-14)20-7-9-21(10-8-20)17(22)13-23-16-3-2-5-18-12-16/h2-6,11-12H,7-10,13H2,1H3. The Morgan fingerprint density at radius 2 is 2.04 bits per heavy atom. The highest BCUT2D eigenvalue weighted by Crippen LogP contribution is 2.16. The van der Waals surface area contributed by atoms with Crippen LogP contribution in [0.25, 0.3) is 0 Å². The van der Waals surface area contributed by atoms with Crippen LogP contribution in [0.3, 0.4) is 0 Å². The van der Waals surface area contributed by atoms with Gasteiger partial charge in [-0.05, 0) is 31.2 Å². The van der Waals surface area contributed by atoms with Gasteiger partial charge in [0.1, 0.15) is 5.75 Å². The first-order valence-corrected chi connectivity index (χ1v) is 7.70. The summed E-state index contributed by atoms with van der Waals surface area (Å²) in [5.74, 6) is 0.631. The van der Waals surface area contributed by atoms with Crippen LogP contribution in [0.2, 0.25) is 0 Å². The molecule has 1 saturated heterocycles. The third-order valence-electron chi connectivity index (χ3n) is 3.87. The topological polar surface area (TPSA) is 58.6 Å². The summed E-state index contributed by atoms with van der Waals surface area (Å²) < 4.78 is 5.47. The number of anilines is 1. The van der Waals surface area contributed by atoms with Crippen LogP contribution < -0.4 is 9.64 Å². The Kier molecular flexibility index (Phi) is 4.71. The maximum absolute atomic E-state index is 12.2. The zero-order chi connectivity index (χ0) is 16.1. The fraction of sp³-hybridized carbons (Fsp3) is 0.353. The van der Waals surface area contributed by atoms with Gasteiger partial charge in [-0.25, -0.2) is 0 Å². The van der Waals surface area contributed by atoms with Crippen molar-refractivity contribution in [1.82, 2.24) is 14.9 Å². The lowest BCUT2D eigenvalue weighted by molar-refractivity contribution is -0.133. The molecule has 3 rings (SSSR count). The highest BCUT2D eigenvalue weighted by atomic mass is 16.5. The van der Waals surface area contributed by atoms with Crippen molar-refractivity contribution in [2.75, 3.05) is 37.7 Å². The molecular weight excluding hydrogens is 292 g/mol. The quantitative estimate of drug-likeness (QED) is 0.856. The summed E-state index contributed by atoms with van der Waals surface area (Å²) in [4.78, 5) is 24.5. The number of hydrogen-bond acceptors (Lipinski definition) is 5. The molecule has 0 N–H and O–H groups in total. The molecule has 0 radical (unpaired) electrons. The van der Waals surface area contributed by atoms with Gasteiger partial charge >= 0.3 is 0 Å². The molecule has 0 aliphatic carbocycles. The van der Waals surface area contributed by atoms with Crippen LogP contribution in [0.1, 0.15) is 5.69 Å². The van der Waals surface area contributed by atoms with E-state index in [0.29, 0.717) is 18.8 Å². The van der Waals surface area contributed by atoms with E-state index in [1.54, 1.807) is 24.5 Å². The lowest BCUT2D eigenvalue weighted by Crippen LogP contribution is -2.50. The molecule has 1 fully saturated rings. The molecule has 0 atom stereocenters. The van der Waals surface area contributed by atoms with Crippen LogP contribution in [0.15, 0.2) is 42.9 Å². The minimum Gasteiger partial charge on any atom is -0.482 e. The summed E-state index contributed by atoms with van der Waals surface area (Å²) in [7, 11) is 0. The van der Waals surface area contributed by atoms with Crippen LogP contribution in [0.5, 0.6) is 5.75 Å². The molecule has 120 valence electrons. The van der Waals surface area contributed by atoms with Crippen molar-refractivity contribution in [2.45, 2.75) is 6.92 Å². The molecule has 0 unspecified atom stereocenters. The van der Waals surface area contributed by atoms with Crippen LogP contribution in [0, 0.1) is 6.92 Å². The molecule has 6 heteroatoms. The highest BCUT2D eigenvalue weighted by molar-refractivity contribution is 5.78. The molecule has 1 aliphatic rings. The number of amides is 1. The van der Waals surface area contributed by atoms with Gasteiger partial charge < -0.3 is 14.5 Å². The maximum Gasteiger partial charge on any atom is 0.260 e. The molecule has 0 bridgehead atoms. The Balaban J connectivity index is 1.49. The molecule has 3 heterocycles. The Morgan fingerprint density at radius 1 is 1.22 bits per heavy atom. The smallest absolute Gasteiger partial charge is 0.260 e. The Morgan fingerprint density at radius 3 is 2.74 bits per heavy atom. The second kappa shape index (κ2) is 7.09. The number of carbonyl (C=O) groups is 1. The zero-order valence-corrected chi connectivity index (χ0v) is 13.2. The van der Waals surface area contributed by atoms with Gasteiger partial charge in [0.15, 0.2) is 6.61 Å². The van der Waals surface area contributed by atoms with Crippen molar-refractivity contribution >= 4 is 11.6 Å². The molecule has 1 amide bonds. The molecule has 2 aromatic heterocycles. The van der Waals surface area contributed by atoms with Crippen molar-refractivity contribution in [3.8, 4) is 5.75 Å². The van der Waals surface area contributed by atoms with Gasteiger partial charge in [-0.2, -0.15) is 0 Å². The minimum absolute atomic E-state index is 0.0133. The second-order valence-corrected chi connectivity index (χ2v) is 5.50. The number of pyridine rings is 2. The zero-order valence-electron chi connectivity index (χ0n) is 13.2. The summed E-state index contributed by atoms with van der Waals surface area (Å²) in [6.45, 7) is 5.09. The fourth-order valence-corrected chi connectivity index (χ4v) is 2.61. The number of piperazine rings is 1. The van der Waals surface area contributed by atoms with Gasteiger partial charge in [0, 0.05) is 50.0 Å². The van der Waals surface area contributed by atoms with Crippen LogP contribution in [-0.2, 0) is 4.79 Å². The first-order chi connectivity index (χ1) is 11.2. The van der Waals surface area contributed by atoms with Crippen LogP contribution in [0.4, 0.5) is 5.69 Å². The molecule has 6 nitrogen and oxygen atoms in total. The van der Waals surface area contributed by atoms with Gasteiger partial charge in [0.25, 0.3) is 5.91 Å². The largest absolute Gasteiger partial charge is 0.482 e. The fourth-order valence-electron chi connectivity index (χ4n) is 2.61. The van der Waals surface area contributed by atoms with Crippen molar-refractivity contribution < 1.29 is 9.53 Å². The van der Waals surface area contributed by atoms with Gasteiger partial charge in [-0.1, -0.05) is 0 Å². The monoisotopic (exact) mass is 312 g/mol.